The van der Waals surface area contributed by atoms with E-state index >= 15 is 0 Å². The molecule has 0 radical (unpaired) electrons. The average molecular weight is 378 g/mol. The van der Waals surface area contributed by atoms with Crippen molar-refractivity contribution in [3.05, 3.63) is 0 Å². The minimum atomic E-state index is -3.67. The van der Waals surface area contributed by atoms with Gasteiger partial charge in [0.05, 0.1) is 19.0 Å². The van der Waals surface area contributed by atoms with Crippen LogP contribution in [0.15, 0.2) is 0 Å². The number of sulfonamides is 1. The van der Waals surface area contributed by atoms with E-state index in [-0.39, 0.29) is 30.8 Å². The first-order chi connectivity index (χ1) is 11.6. The van der Waals surface area contributed by atoms with Gasteiger partial charge in [0.15, 0.2) is 0 Å². The zero-order valence-corrected chi connectivity index (χ0v) is 16.3. The van der Waals surface area contributed by atoms with Crippen LogP contribution in [0, 0.1) is 11.8 Å². The molecule has 0 bridgehead atoms. The van der Waals surface area contributed by atoms with Crippen LogP contribution >= 0.6 is 0 Å². The molecule has 2 atom stereocenters. The van der Waals surface area contributed by atoms with Crippen LogP contribution in [-0.2, 0) is 24.3 Å². The van der Waals surface area contributed by atoms with Crippen LogP contribution in [0.2, 0.25) is 0 Å². The molecule has 146 valence electrons. The lowest BCUT2D eigenvalue weighted by atomic mass is 9.90. The van der Waals surface area contributed by atoms with Crippen molar-refractivity contribution in [3.63, 3.8) is 0 Å². The molecule has 0 aromatic rings. The predicted octanol–water partition coefficient (Wildman–Crippen LogP) is 0.632. The minimum Gasteiger partial charge on any atom is -0.480 e. The lowest BCUT2D eigenvalue weighted by molar-refractivity contribution is -0.146. The summed E-state index contributed by atoms with van der Waals surface area (Å²) in [5.41, 5.74) is 0. The Labute approximate surface area is 150 Å². The Bertz CT molecular complexity index is 563. The molecule has 8 nitrogen and oxygen atoms in total. The zero-order chi connectivity index (χ0) is 19.2. The molecule has 1 fully saturated rings. The van der Waals surface area contributed by atoms with Gasteiger partial charge in [-0.05, 0) is 12.3 Å². The molecular weight excluding hydrogens is 348 g/mol. The molecule has 1 rings (SSSR count). The Balaban J connectivity index is 2.78. The van der Waals surface area contributed by atoms with Crippen LogP contribution in [0.1, 0.15) is 33.6 Å². The van der Waals surface area contributed by atoms with E-state index in [9.17, 15) is 18.0 Å². The number of carboxylic acids is 1. The van der Waals surface area contributed by atoms with Crippen LogP contribution < -0.4 is 0 Å². The predicted molar refractivity (Wildman–Crippen MR) is 93.6 cm³/mol. The van der Waals surface area contributed by atoms with Crippen molar-refractivity contribution >= 4 is 21.9 Å². The van der Waals surface area contributed by atoms with Crippen LogP contribution in [0.3, 0.4) is 0 Å². The number of carbonyl (C=O) groups excluding carboxylic acids is 1. The van der Waals surface area contributed by atoms with Gasteiger partial charge in [-0.25, -0.2) is 8.42 Å². The van der Waals surface area contributed by atoms with E-state index in [0.29, 0.717) is 13.2 Å². The summed E-state index contributed by atoms with van der Waals surface area (Å²) in [6.45, 7) is 6.46. The monoisotopic (exact) mass is 378 g/mol. The number of rotatable bonds is 9. The van der Waals surface area contributed by atoms with Gasteiger partial charge in [-0.1, -0.05) is 27.2 Å². The molecule has 1 saturated heterocycles. The van der Waals surface area contributed by atoms with Gasteiger partial charge >= 0.3 is 5.97 Å². The smallest absolute Gasteiger partial charge is 0.318 e. The normalized spacial score (nSPS) is 20.1. The number of hydrogen-bond donors (Lipinski definition) is 1. The molecule has 0 saturated carbocycles. The molecule has 1 amide bonds. The highest BCUT2D eigenvalue weighted by Crippen LogP contribution is 2.21. The SMILES string of the molecule is CCCC(C(=O)N1CCOC(CN(CC(=O)O)S(C)(=O)=O)C1)C(C)C. The summed E-state index contributed by atoms with van der Waals surface area (Å²) in [4.78, 5) is 25.4. The summed E-state index contributed by atoms with van der Waals surface area (Å²) < 4.78 is 30.0. The van der Waals surface area contributed by atoms with E-state index in [4.69, 9.17) is 9.84 Å². The highest BCUT2D eigenvalue weighted by Gasteiger charge is 2.33. The third kappa shape index (κ3) is 6.91. The molecule has 25 heavy (non-hydrogen) atoms. The molecule has 0 aromatic heterocycles. The molecule has 0 aromatic carbocycles. The minimum absolute atomic E-state index is 0.0613. The number of ether oxygens (including phenoxy) is 1. The fraction of sp³-hybridized carbons (Fsp3) is 0.875. The molecule has 1 aliphatic heterocycles. The first-order valence-electron chi connectivity index (χ1n) is 8.63. The van der Waals surface area contributed by atoms with Crippen LogP contribution in [0.25, 0.3) is 0 Å². The van der Waals surface area contributed by atoms with Crippen LogP contribution in [-0.4, -0.2) is 79.8 Å². The second-order valence-electron chi connectivity index (χ2n) is 6.87. The van der Waals surface area contributed by atoms with Gasteiger partial charge in [0.1, 0.15) is 6.54 Å². The van der Waals surface area contributed by atoms with Gasteiger partial charge in [-0.3, -0.25) is 9.59 Å². The van der Waals surface area contributed by atoms with Gasteiger partial charge in [0.25, 0.3) is 0 Å². The topological polar surface area (TPSA) is 104 Å². The van der Waals surface area contributed by atoms with E-state index in [0.717, 1.165) is 23.4 Å². The van der Waals surface area contributed by atoms with Gasteiger partial charge in [-0.2, -0.15) is 4.31 Å². The summed E-state index contributed by atoms with van der Waals surface area (Å²) in [5.74, 6) is -0.992. The van der Waals surface area contributed by atoms with Crippen molar-refractivity contribution < 1.29 is 27.9 Å². The highest BCUT2D eigenvalue weighted by molar-refractivity contribution is 7.88. The molecule has 0 aliphatic carbocycles. The molecule has 1 heterocycles. The summed E-state index contributed by atoms with van der Waals surface area (Å²) in [6.07, 6.45) is 2.18. The molecular formula is C16H30N2O6S. The molecule has 0 spiro atoms. The molecule has 9 heteroatoms. The van der Waals surface area contributed by atoms with Crippen LogP contribution in [0.4, 0.5) is 0 Å². The quantitative estimate of drug-likeness (QED) is 0.631. The Kier molecular flexibility index (Phi) is 8.30. The summed E-state index contributed by atoms with van der Waals surface area (Å²) in [7, 11) is -3.67. The molecule has 1 N–H and O–H groups in total. The second kappa shape index (κ2) is 9.49. The highest BCUT2D eigenvalue weighted by atomic mass is 32.2. The average Bonchev–Trinajstić information content (AvgIpc) is 2.50. The van der Waals surface area contributed by atoms with Crippen molar-refractivity contribution in [2.45, 2.75) is 39.7 Å². The van der Waals surface area contributed by atoms with Gasteiger partial charge in [0, 0.05) is 25.6 Å². The van der Waals surface area contributed by atoms with E-state index in [2.05, 4.69) is 0 Å². The standard InChI is InChI=1S/C16H30N2O6S/c1-5-6-14(12(2)3)16(21)17-7-8-24-13(9-17)10-18(11-15(19)20)25(4,22)23/h12-14H,5-11H2,1-4H3,(H,19,20). The second-order valence-corrected chi connectivity index (χ2v) is 8.85. The summed E-state index contributed by atoms with van der Waals surface area (Å²) in [5, 5.41) is 8.90. The Morgan fingerprint density at radius 2 is 2.00 bits per heavy atom. The summed E-state index contributed by atoms with van der Waals surface area (Å²) >= 11 is 0. The van der Waals surface area contributed by atoms with Crippen molar-refractivity contribution in [2.75, 3.05) is 39.0 Å². The third-order valence-corrected chi connectivity index (χ3v) is 5.58. The van der Waals surface area contributed by atoms with Gasteiger partial charge in [-0.15, -0.1) is 0 Å². The van der Waals surface area contributed by atoms with E-state index in [1.165, 1.54) is 0 Å². The van der Waals surface area contributed by atoms with Crippen molar-refractivity contribution in [2.24, 2.45) is 11.8 Å². The Hall–Kier alpha value is -1.19. The summed E-state index contributed by atoms with van der Waals surface area (Å²) in [6, 6.07) is 0. The van der Waals surface area contributed by atoms with Crippen LogP contribution in [0.5, 0.6) is 0 Å². The van der Waals surface area contributed by atoms with Crippen molar-refractivity contribution in [1.82, 2.24) is 9.21 Å². The molecule has 2 unspecified atom stereocenters. The van der Waals surface area contributed by atoms with E-state index in [1.54, 1.807) is 4.90 Å². The van der Waals surface area contributed by atoms with E-state index in [1.807, 2.05) is 20.8 Å². The number of morpholine rings is 1. The largest absolute Gasteiger partial charge is 0.480 e. The number of nitrogens with zero attached hydrogens (tertiary/aromatic N) is 2. The maximum Gasteiger partial charge on any atom is 0.318 e. The number of hydrogen-bond acceptors (Lipinski definition) is 5. The third-order valence-electron chi connectivity index (χ3n) is 4.36. The Morgan fingerprint density at radius 1 is 1.36 bits per heavy atom. The van der Waals surface area contributed by atoms with Gasteiger partial charge < -0.3 is 14.7 Å². The lowest BCUT2D eigenvalue weighted by Crippen LogP contribution is -2.52. The maximum atomic E-state index is 12.8. The first kappa shape index (κ1) is 21.9. The van der Waals surface area contributed by atoms with Crippen molar-refractivity contribution in [3.8, 4) is 0 Å². The Morgan fingerprint density at radius 3 is 2.48 bits per heavy atom. The van der Waals surface area contributed by atoms with Crippen molar-refractivity contribution in [1.29, 1.82) is 0 Å². The van der Waals surface area contributed by atoms with Gasteiger partial charge in [0.2, 0.25) is 15.9 Å². The fourth-order valence-corrected chi connectivity index (χ4v) is 3.79. The van der Waals surface area contributed by atoms with E-state index < -0.39 is 28.6 Å². The lowest BCUT2D eigenvalue weighted by Gasteiger charge is -2.37. The molecule has 1 aliphatic rings. The number of aliphatic carboxylic acids is 1. The first-order valence-corrected chi connectivity index (χ1v) is 10.5. The zero-order valence-electron chi connectivity index (χ0n) is 15.5. The maximum absolute atomic E-state index is 12.8. The number of carbonyl (C=O) groups is 2. The number of carboxylic acid groups (broad SMARTS) is 1. The number of amides is 1. The fourth-order valence-electron chi connectivity index (χ4n) is 3.01.